The summed E-state index contributed by atoms with van der Waals surface area (Å²) < 4.78 is 0. The van der Waals surface area contributed by atoms with Crippen LogP contribution in [-0.4, -0.2) is 28.7 Å². The van der Waals surface area contributed by atoms with Crippen molar-refractivity contribution in [2.75, 3.05) is 5.75 Å². The molecule has 0 aromatic rings. The van der Waals surface area contributed by atoms with E-state index in [1.165, 1.54) is 43.9 Å². The van der Waals surface area contributed by atoms with E-state index in [9.17, 15) is 4.79 Å². The van der Waals surface area contributed by atoms with Crippen LogP contribution in [-0.2, 0) is 4.79 Å². The zero-order chi connectivity index (χ0) is 15.0. The molecule has 0 aromatic carbocycles. The highest BCUT2D eigenvalue weighted by Crippen LogP contribution is 2.26. The van der Waals surface area contributed by atoms with Gasteiger partial charge >= 0.3 is 5.97 Å². The predicted molar refractivity (Wildman–Crippen MR) is 84.9 cm³/mol. The summed E-state index contributed by atoms with van der Waals surface area (Å²) in [4.78, 5) is 14.9. The van der Waals surface area contributed by atoms with Crippen LogP contribution in [0, 0.1) is 0 Å². The molecule has 0 saturated heterocycles. The van der Waals surface area contributed by atoms with Crippen molar-refractivity contribution in [1.82, 2.24) is 5.32 Å². The van der Waals surface area contributed by atoms with Gasteiger partial charge in [-0.15, -0.1) is 11.8 Å². The Bertz CT molecular complexity index is 401. The smallest absolute Gasteiger partial charge is 0.350 e. The maximum atomic E-state index is 11.1. The summed E-state index contributed by atoms with van der Waals surface area (Å²) in [6.45, 7) is 2.20. The van der Waals surface area contributed by atoms with Crippen molar-refractivity contribution in [2.45, 2.75) is 51.1 Å². The van der Waals surface area contributed by atoms with Crippen molar-refractivity contribution in [1.29, 1.82) is 0 Å². The minimum atomic E-state index is -1.66. The molecule has 20 heavy (non-hydrogen) atoms. The Morgan fingerprint density at radius 2 is 2.10 bits per heavy atom. The van der Waals surface area contributed by atoms with Crippen LogP contribution in [0.3, 0.4) is 0 Å². The Labute approximate surface area is 129 Å². The highest BCUT2D eigenvalue weighted by atomic mass is 35.5. The Morgan fingerprint density at radius 3 is 2.75 bits per heavy atom. The standard InChI is InChI=1S/C13H22ClN3O2S/c1-2-3-4-5-6-7-8-20-11-10(14)16-9-13(15,17-11)12(18)19/h9,17H,2-8,15H2,1H3,(H,18,19). The maximum Gasteiger partial charge on any atom is 0.350 e. The molecule has 0 amide bonds. The minimum absolute atomic E-state index is 0.267. The number of carboxylic acid groups (broad SMARTS) is 1. The number of aliphatic carboxylic acids is 1. The van der Waals surface area contributed by atoms with Gasteiger partial charge in [0.05, 0.1) is 6.21 Å². The first-order chi connectivity index (χ1) is 9.49. The number of unbranched alkanes of at least 4 members (excludes halogenated alkanes) is 5. The quantitative estimate of drug-likeness (QED) is 0.449. The number of aliphatic imine (C=N–C) groups is 1. The molecule has 5 nitrogen and oxygen atoms in total. The van der Waals surface area contributed by atoms with E-state index in [1.807, 2.05) is 0 Å². The third-order valence-electron chi connectivity index (χ3n) is 2.99. The lowest BCUT2D eigenvalue weighted by atomic mass is 10.1. The molecule has 1 atom stereocenters. The molecule has 1 heterocycles. The largest absolute Gasteiger partial charge is 0.478 e. The number of carbonyl (C=O) groups is 1. The van der Waals surface area contributed by atoms with Gasteiger partial charge in [-0.2, -0.15) is 0 Å². The van der Waals surface area contributed by atoms with Crippen LogP contribution in [0.4, 0.5) is 0 Å². The van der Waals surface area contributed by atoms with Crippen molar-refractivity contribution >= 4 is 35.5 Å². The fraction of sp³-hybridized carbons (Fsp3) is 0.692. The number of thioether (sulfide) groups is 1. The monoisotopic (exact) mass is 319 g/mol. The number of halogens is 1. The van der Waals surface area contributed by atoms with Gasteiger partial charge in [0.15, 0.2) is 5.16 Å². The molecule has 0 spiro atoms. The molecule has 7 heteroatoms. The summed E-state index contributed by atoms with van der Waals surface area (Å²) in [6.07, 6.45) is 8.40. The van der Waals surface area contributed by atoms with Crippen LogP contribution >= 0.6 is 23.4 Å². The van der Waals surface area contributed by atoms with Gasteiger partial charge in [-0.25, -0.2) is 9.79 Å². The second kappa shape index (κ2) is 8.54. The maximum absolute atomic E-state index is 11.1. The molecule has 1 aliphatic rings. The van der Waals surface area contributed by atoms with Gasteiger partial charge < -0.3 is 10.4 Å². The van der Waals surface area contributed by atoms with Gasteiger partial charge in [-0.1, -0.05) is 50.6 Å². The van der Waals surface area contributed by atoms with E-state index >= 15 is 0 Å². The van der Waals surface area contributed by atoms with E-state index < -0.39 is 11.6 Å². The average Bonchev–Trinajstić information content (AvgIpc) is 2.41. The number of nitrogens with two attached hydrogens (primary N) is 1. The van der Waals surface area contributed by atoms with Crippen molar-refractivity contribution in [3.63, 3.8) is 0 Å². The molecule has 0 fully saturated rings. The lowest BCUT2D eigenvalue weighted by Gasteiger charge is -2.27. The van der Waals surface area contributed by atoms with Gasteiger partial charge in [0.25, 0.3) is 0 Å². The molecule has 0 saturated carbocycles. The van der Waals surface area contributed by atoms with Crippen LogP contribution in [0.25, 0.3) is 0 Å². The van der Waals surface area contributed by atoms with E-state index in [0.29, 0.717) is 5.03 Å². The van der Waals surface area contributed by atoms with Crippen LogP contribution in [0.2, 0.25) is 0 Å². The molecule has 0 radical (unpaired) electrons. The number of nitrogens with zero attached hydrogens (tertiary/aromatic N) is 1. The summed E-state index contributed by atoms with van der Waals surface area (Å²) in [7, 11) is 0. The Balaban J connectivity index is 2.32. The van der Waals surface area contributed by atoms with Crippen LogP contribution < -0.4 is 11.1 Å². The first-order valence-electron chi connectivity index (χ1n) is 6.88. The summed E-state index contributed by atoms with van der Waals surface area (Å²) in [5, 5.41) is 12.6. The molecule has 0 aromatic heterocycles. The minimum Gasteiger partial charge on any atom is -0.478 e. The normalized spacial score (nSPS) is 21.9. The Kier molecular flexibility index (Phi) is 7.40. The number of hydrogen-bond acceptors (Lipinski definition) is 5. The Hall–Kier alpha value is -0.720. The topological polar surface area (TPSA) is 87.7 Å². The molecular formula is C13H22ClN3O2S. The zero-order valence-electron chi connectivity index (χ0n) is 11.7. The van der Waals surface area contributed by atoms with Crippen molar-refractivity contribution < 1.29 is 9.90 Å². The number of hydrogen-bond donors (Lipinski definition) is 3. The first kappa shape index (κ1) is 17.3. The van der Waals surface area contributed by atoms with Gasteiger partial charge in [-0.05, 0) is 12.2 Å². The molecule has 1 rings (SSSR count). The molecule has 0 aliphatic carbocycles. The molecule has 1 aliphatic heterocycles. The molecule has 114 valence electrons. The van der Waals surface area contributed by atoms with Gasteiger partial charge in [0.1, 0.15) is 5.03 Å². The van der Waals surface area contributed by atoms with E-state index in [2.05, 4.69) is 17.2 Å². The fourth-order valence-electron chi connectivity index (χ4n) is 1.75. The third-order valence-corrected chi connectivity index (χ3v) is 4.46. The molecule has 1 unspecified atom stereocenters. The van der Waals surface area contributed by atoms with Crippen molar-refractivity contribution in [3.8, 4) is 0 Å². The van der Waals surface area contributed by atoms with E-state index in [0.717, 1.165) is 18.4 Å². The second-order valence-corrected chi connectivity index (χ2v) is 6.26. The van der Waals surface area contributed by atoms with Crippen LogP contribution in [0.1, 0.15) is 45.4 Å². The number of nitrogens with one attached hydrogen (secondary N) is 1. The van der Waals surface area contributed by atoms with Crippen LogP contribution in [0.5, 0.6) is 0 Å². The molecular weight excluding hydrogens is 298 g/mol. The summed E-state index contributed by atoms with van der Waals surface area (Å²) >= 11 is 7.41. The van der Waals surface area contributed by atoms with E-state index in [-0.39, 0.29) is 5.16 Å². The van der Waals surface area contributed by atoms with Gasteiger partial charge in [0, 0.05) is 0 Å². The lowest BCUT2D eigenvalue weighted by molar-refractivity contribution is -0.141. The third kappa shape index (κ3) is 5.34. The Morgan fingerprint density at radius 1 is 1.45 bits per heavy atom. The fourth-order valence-corrected chi connectivity index (χ4v) is 2.97. The summed E-state index contributed by atoms with van der Waals surface area (Å²) in [6, 6.07) is 0. The zero-order valence-corrected chi connectivity index (χ0v) is 13.3. The van der Waals surface area contributed by atoms with E-state index in [1.54, 1.807) is 0 Å². The summed E-state index contributed by atoms with van der Waals surface area (Å²) in [5.74, 6) is -0.307. The van der Waals surface area contributed by atoms with Gasteiger partial charge in [-0.3, -0.25) is 5.73 Å². The molecule has 0 bridgehead atoms. The first-order valence-corrected chi connectivity index (χ1v) is 8.24. The average molecular weight is 320 g/mol. The number of carboxylic acids is 1. The van der Waals surface area contributed by atoms with Crippen molar-refractivity contribution in [3.05, 3.63) is 10.2 Å². The predicted octanol–water partition coefficient (Wildman–Crippen LogP) is 2.86. The number of rotatable bonds is 9. The molecule has 4 N–H and O–H groups in total. The SMILES string of the molecule is CCCCCCCCSC1=C(Cl)N=CC(N)(C(=O)O)N1. The van der Waals surface area contributed by atoms with Crippen LogP contribution in [0.15, 0.2) is 15.2 Å². The summed E-state index contributed by atoms with van der Waals surface area (Å²) in [5.41, 5.74) is 4.01. The van der Waals surface area contributed by atoms with Crippen molar-refractivity contribution in [2.24, 2.45) is 10.7 Å². The highest BCUT2D eigenvalue weighted by Gasteiger charge is 2.36. The second-order valence-electron chi connectivity index (χ2n) is 4.79. The highest BCUT2D eigenvalue weighted by molar-refractivity contribution is 8.03. The van der Waals surface area contributed by atoms with E-state index in [4.69, 9.17) is 22.4 Å². The van der Waals surface area contributed by atoms with Gasteiger partial charge in [0.2, 0.25) is 5.66 Å². The lowest BCUT2D eigenvalue weighted by Crippen LogP contribution is -2.61.